The number of nitriles is 1. The number of aromatic nitrogens is 1. The molecule has 2 aromatic rings. The van der Waals surface area contributed by atoms with Crippen LogP contribution in [0.25, 0.3) is 11.9 Å². The van der Waals surface area contributed by atoms with Crippen molar-refractivity contribution < 1.29 is 26.7 Å². The van der Waals surface area contributed by atoms with Gasteiger partial charge in [-0.3, -0.25) is 9.98 Å². The first kappa shape index (κ1) is 22.4. The SMILES string of the molecule is C[C@@]1(c2cc(/C=C(\F)c3ccc(C#N)cn3)ccc2F)CO[C@@](C)(C(F)(F)F)C(N)=N1. The Hall–Kier alpha value is -3.32. The second kappa shape index (κ2) is 7.74. The number of amidine groups is 1. The average Bonchev–Trinajstić information content (AvgIpc) is 2.71. The van der Waals surface area contributed by atoms with Crippen molar-refractivity contribution in [2.75, 3.05) is 6.61 Å². The number of hydrogen-bond donors (Lipinski definition) is 1. The molecule has 5 nitrogen and oxygen atoms in total. The van der Waals surface area contributed by atoms with Gasteiger partial charge in [0.15, 0.2) is 0 Å². The Labute approximate surface area is 174 Å². The second-order valence-electron chi connectivity index (χ2n) is 7.37. The van der Waals surface area contributed by atoms with Crippen molar-refractivity contribution in [3.63, 3.8) is 0 Å². The van der Waals surface area contributed by atoms with E-state index in [0.29, 0.717) is 0 Å². The molecule has 10 heteroatoms. The highest BCUT2D eigenvalue weighted by atomic mass is 19.4. The minimum absolute atomic E-state index is 0.0414. The molecule has 1 aromatic heterocycles. The molecule has 1 aromatic carbocycles. The molecule has 0 fully saturated rings. The summed E-state index contributed by atoms with van der Waals surface area (Å²) in [5, 5.41) is 8.78. The summed E-state index contributed by atoms with van der Waals surface area (Å²) in [6.45, 7) is 1.54. The zero-order chi connectivity index (χ0) is 23.0. The molecule has 0 unspecified atom stereocenters. The van der Waals surface area contributed by atoms with Gasteiger partial charge >= 0.3 is 6.18 Å². The normalized spacial score (nSPS) is 24.5. The van der Waals surface area contributed by atoms with Crippen LogP contribution in [0.5, 0.6) is 0 Å². The largest absolute Gasteiger partial charge is 0.424 e. The standard InChI is InChI=1S/C21H17F5N4O/c1-19(11-31-20(2,18(28)30-19)21(24,25)26)14-7-12(3-5-15(14)22)8-16(23)17-6-4-13(9-27)10-29-17/h3-8,10H,11H2,1-2H3,(H2,28,30)/b16-8-/t19-,20+/m0/s1. The quantitative estimate of drug-likeness (QED) is 0.719. The predicted octanol–water partition coefficient (Wildman–Crippen LogP) is 4.48. The van der Waals surface area contributed by atoms with Gasteiger partial charge in [-0.2, -0.15) is 18.4 Å². The van der Waals surface area contributed by atoms with Crippen LogP contribution in [0.3, 0.4) is 0 Å². The van der Waals surface area contributed by atoms with Crippen LogP contribution in [0.4, 0.5) is 22.0 Å². The molecule has 0 radical (unpaired) electrons. The maximum atomic E-state index is 14.6. The van der Waals surface area contributed by atoms with Crippen molar-refractivity contribution in [1.29, 1.82) is 5.26 Å². The number of pyridine rings is 1. The lowest BCUT2D eigenvalue weighted by Gasteiger charge is -2.41. The van der Waals surface area contributed by atoms with E-state index in [-0.39, 0.29) is 22.4 Å². The summed E-state index contributed by atoms with van der Waals surface area (Å²) >= 11 is 0. The number of rotatable bonds is 3. The van der Waals surface area contributed by atoms with Crippen LogP contribution in [0, 0.1) is 17.1 Å². The number of halogens is 5. The number of aliphatic imine (C=N–C) groups is 1. The monoisotopic (exact) mass is 436 g/mol. The molecule has 1 aliphatic heterocycles. The molecular weight excluding hydrogens is 419 g/mol. The van der Waals surface area contributed by atoms with Gasteiger partial charge in [-0.1, -0.05) is 6.07 Å². The van der Waals surface area contributed by atoms with Crippen LogP contribution in [0.2, 0.25) is 0 Å². The summed E-state index contributed by atoms with van der Waals surface area (Å²) in [5.41, 5.74) is 1.56. The second-order valence-corrected chi connectivity index (χ2v) is 7.37. The van der Waals surface area contributed by atoms with Gasteiger partial charge in [-0.25, -0.2) is 8.78 Å². The third-order valence-corrected chi connectivity index (χ3v) is 5.04. The molecule has 0 saturated heterocycles. The van der Waals surface area contributed by atoms with Crippen LogP contribution in [-0.2, 0) is 10.3 Å². The molecule has 0 aliphatic carbocycles. The molecule has 2 atom stereocenters. The van der Waals surface area contributed by atoms with Crippen molar-refractivity contribution >= 4 is 17.7 Å². The number of hydrogen-bond acceptors (Lipinski definition) is 5. The lowest BCUT2D eigenvalue weighted by Crippen LogP contribution is -2.60. The van der Waals surface area contributed by atoms with Crippen molar-refractivity contribution in [2.45, 2.75) is 31.2 Å². The molecule has 0 amide bonds. The minimum atomic E-state index is -4.80. The molecule has 2 heterocycles. The summed E-state index contributed by atoms with van der Waals surface area (Å²) in [5.74, 6) is -2.34. The molecule has 0 spiro atoms. The summed E-state index contributed by atoms with van der Waals surface area (Å²) < 4.78 is 74.0. The van der Waals surface area contributed by atoms with E-state index in [2.05, 4.69) is 9.98 Å². The van der Waals surface area contributed by atoms with Gasteiger partial charge < -0.3 is 10.5 Å². The summed E-state index contributed by atoms with van der Waals surface area (Å²) in [6.07, 6.45) is -2.52. The molecule has 0 saturated carbocycles. The first-order valence-corrected chi connectivity index (χ1v) is 9.00. The predicted molar refractivity (Wildman–Crippen MR) is 104 cm³/mol. The van der Waals surface area contributed by atoms with Gasteiger partial charge in [0.05, 0.1) is 17.9 Å². The van der Waals surface area contributed by atoms with Crippen LogP contribution >= 0.6 is 0 Å². The minimum Gasteiger partial charge on any atom is -0.385 e. The fourth-order valence-corrected chi connectivity index (χ4v) is 3.00. The number of nitrogens with zero attached hydrogens (tertiary/aromatic N) is 3. The summed E-state index contributed by atoms with van der Waals surface area (Å²) in [7, 11) is 0. The number of benzene rings is 1. The number of ether oxygens (including phenoxy) is 1. The Balaban J connectivity index is 1.99. The van der Waals surface area contributed by atoms with E-state index in [0.717, 1.165) is 19.1 Å². The Morgan fingerprint density at radius 2 is 1.97 bits per heavy atom. The summed E-state index contributed by atoms with van der Waals surface area (Å²) in [4.78, 5) is 7.75. The van der Waals surface area contributed by atoms with Crippen molar-refractivity contribution in [3.05, 3.63) is 64.7 Å². The third-order valence-electron chi connectivity index (χ3n) is 5.04. The van der Waals surface area contributed by atoms with Crippen LogP contribution in [0.1, 0.15) is 36.2 Å². The van der Waals surface area contributed by atoms with E-state index in [1.807, 2.05) is 6.07 Å². The van der Waals surface area contributed by atoms with E-state index < -0.39 is 41.4 Å². The molecule has 3 rings (SSSR count). The number of alkyl halides is 3. The van der Waals surface area contributed by atoms with Gasteiger partial charge in [0.2, 0.25) is 5.60 Å². The third kappa shape index (κ3) is 4.14. The van der Waals surface area contributed by atoms with Crippen LogP contribution < -0.4 is 5.73 Å². The molecule has 0 bridgehead atoms. The highest BCUT2D eigenvalue weighted by Gasteiger charge is 2.59. The smallest absolute Gasteiger partial charge is 0.385 e. The average molecular weight is 436 g/mol. The van der Waals surface area contributed by atoms with E-state index in [9.17, 15) is 22.0 Å². The van der Waals surface area contributed by atoms with E-state index >= 15 is 0 Å². The number of nitrogens with two attached hydrogens (primary N) is 1. The van der Waals surface area contributed by atoms with Crippen LogP contribution in [0.15, 0.2) is 41.5 Å². The van der Waals surface area contributed by atoms with Gasteiger partial charge in [0, 0.05) is 11.8 Å². The fraction of sp³-hybridized carbons (Fsp3) is 0.286. The topological polar surface area (TPSA) is 84.3 Å². The lowest BCUT2D eigenvalue weighted by molar-refractivity contribution is -0.249. The molecule has 31 heavy (non-hydrogen) atoms. The van der Waals surface area contributed by atoms with E-state index in [4.69, 9.17) is 15.7 Å². The maximum Gasteiger partial charge on any atom is 0.424 e. The Morgan fingerprint density at radius 3 is 2.52 bits per heavy atom. The lowest BCUT2D eigenvalue weighted by atomic mass is 9.88. The van der Waals surface area contributed by atoms with Gasteiger partial charge in [0.25, 0.3) is 0 Å². The van der Waals surface area contributed by atoms with Crippen molar-refractivity contribution in [2.24, 2.45) is 10.7 Å². The van der Waals surface area contributed by atoms with E-state index in [1.165, 1.54) is 37.4 Å². The Bertz CT molecular complexity index is 1100. The molecular formula is C21H17F5N4O. The maximum absolute atomic E-state index is 14.6. The molecule has 162 valence electrons. The first-order valence-electron chi connectivity index (χ1n) is 9.00. The highest BCUT2D eigenvalue weighted by Crippen LogP contribution is 2.41. The molecule has 1 aliphatic rings. The first-order chi connectivity index (χ1) is 14.4. The molecule has 2 N–H and O–H groups in total. The van der Waals surface area contributed by atoms with Crippen molar-refractivity contribution in [3.8, 4) is 6.07 Å². The van der Waals surface area contributed by atoms with Crippen LogP contribution in [-0.4, -0.2) is 29.2 Å². The van der Waals surface area contributed by atoms with E-state index in [1.54, 1.807) is 0 Å². The van der Waals surface area contributed by atoms with Gasteiger partial charge in [0.1, 0.15) is 29.1 Å². The van der Waals surface area contributed by atoms with Gasteiger partial charge in [-0.05, 0) is 49.8 Å². The zero-order valence-corrected chi connectivity index (χ0v) is 16.5. The highest BCUT2D eigenvalue weighted by molar-refractivity contribution is 5.90. The Kier molecular flexibility index (Phi) is 5.58. The van der Waals surface area contributed by atoms with Gasteiger partial charge in [-0.15, -0.1) is 0 Å². The summed E-state index contributed by atoms with van der Waals surface area (Å²) in [6, 6.07) is 8.17. The Morgan fingerprint density at radius 1 is 1.26 bits per heavy atom. The fourth-order valence-electron chi connectivity index (χ4n) is 3.00. The van der Waals surface area contributed by atoms with Crippen molar-refractivity contribution in [1.82, 2.24) is 4.98 Å². The zero-order valence-electron chi connectivity index (χ0n) is 16.5.